The molecule has 0 atom stereocenters. The van der Waals surface area contributed by atoms with Crippen LogP contribution in [0.5, 0.6) is 0 Å². The van der Waals surface area contributed by atoms with Gasteiger partial charge in [0.25, 0.3) is 0 Å². The van der Waals surface area contributed by atoms with Gasteiger partial charge in [0.15, 0.2) is 5.16 Å². The lowest BCUT2D eigenvalue weighted by Gasteiger charge is -2.07. The van der Waals surface area contributed by atoms with E-state index in [2.05, 4.69) is 31.8 Å². The van der Waals surface area contributed by atoms with E-state index in [0.717, 1.165) is 35.5 Å². The second-order valence-electron chi connectivity index (χ2n) is 3.84. The van der Waals surface area contributed by atoms with Gasteiger partial charge in [0.2, 0.25) is 0 Å². The summed E-state index contributed by atoms with van der Waals surface area (Å²) >= 11 is 1.61. The summed E-state index contributed by atoms with van der Waals surface area (Å²) in [7, 11) is 1.88. The van der Waals surface area contributed by atoms with E-state index in [4.69, 9.17) is 5.73 Å². The van der Waals surface area contributed by atoms with E-state index in [1.807, 2.05) is 7.05 Å². The summed E-state index contributed by atoms with van der Waals surface area (Å²) in [6.45, 7) is 3.43. The van der Waals surface area contributed by atoms with Gasteiger partial charge in [0, 0.05) is 13.6 Å². The Bertz CT molecular complexity index is 504. The summed E-state index contributed by atoms with van der Waals surface area (Å²) in [6, 6.07) is 0. The molecule has 2 heterocycles. The van der Waals surface area contributed by atoms with Gasteiger partial charge in [-0.15, -0.1) is 10.2 Å². The molecule has 2 rings (SSSR count). The summed E-state index contributed by atoms with van der Waals surface area (Å²) in [6.07, 6.45) is 2.58. The molecule has 0 bridgehead atoms. The van der Waals surface area contributed by atoms with Crippen molar-refractivity contribution in [2.75, 3.05) is 0 Å². The van der Waals surface area contributed by atoms with Gasteiger partial charge in [-0.2, -0.15) is 5.10 Å². The van der Waals surface area contributed by atoms with E-state index in [9.17, 15) is 0 Å². The molecule has 0 radical (unpaired) electrons. The topological polar surface area (TPSA) is 87.4 Å². The molecule has 0 saturated carbocycles. The maximum absolute atomic E-state index is 5.65. The highest BCUT2D eigenvalue weighted by molar-refractivity contribution is 7.98. The largest absolute Gasteiger partial charge is 0.324 e. The minimum atomic E-state index is 0.414. The Morgan fingerprint density at radius 3 is 2.78 bits per heavy atom. The standard InChI is InChI=1S/C10H17N7S/c1-3-4-17-8(5-11)14-15-10(17)18-6-9-12-7-13-16(9)2/h7H,3-6,11H2,1-2H3. The Morgan fingerprint density at radius 1 is 1.33 bits per heavy atom. The van der Waals surface area contributed by atoms with Crippen molar-refractivity contribution < 1.29 is 0 Å². The molecule has 2 aromatic heterocycles. The van der Waals surface area contributed by atoms with E-state index >= 15 is 0 Å². The first-order chi connectivity index (χ1) is 8.76. The van der Waals surface area contributed by atoms with Crippen LogP contribution in [-0.2, 0) is 25.9 Å². The number of hydrogen-bond donors (Lipinski definition) is 1. The van der Waals surface area contributed by atoms with Crippen molar-refractivity contribution >= 4 is 11.8 Å². The maximum Gasteiger partial charge on any atom is 0.191 e. The molecule has 0 fully saturated rings. The Balaban J connectivity index is 2.09. The monoisotopic (exact) mass is 267 g/mol. The third kappa shape index (κ3) is 2.70. The van der Waals surface area contributed by atoms with Crippen LogP contribution in [0, 0.1) is 0 Å². The van der Waals surface area contributed by atoms with Gasteiger partial charge in [-0.25, -0.2) is 4.98 Å². The average molecular weight is 267 g/mol. The van der Waals surface area contributed by atoms with Crippen molar-refractivity contribution in [1.82, 2.24) is 29.5 Å². The number of aromatic nitrogens is 6. The Morgan fingerprint density at radius 2 is 2.17 bits per heavy atom. The first-order valence-corrected chi connectivity index (χ1v) is 6.82. The van der Waals surface area contributed by atoms with Gasteiger partial charge in [0.05, 0.1) is 12.3 Å². The zero-order valence-electron chi connectivity index (χ0n) is 10.6. The number of aryl methyl sites for hydroxylation is 1. The van der Waals surface area contributed by atoms with Crippen LogP contribution in [-0.4, -0.2) is 29.5 Å². The molecular weight excluding hydrogens is 250 g/mol. The van der Waals surface area contributed by atoms with E-state index in [0.29, 0.717) is 6.54 Å². The predicted molar refractivity (Wildman–Crippen MR) is 68.8 cm³/mol. The van der Waals surface area contributed by atoms with Crippen LogP contribution in [0.2, 0.25) is 0 Å². The highest BCUT2D eigenvalue weighted by Gasteiger charge is 2.12. The second-order valence-corrected chi connectivity index (χ2v) is 4.79. The lowest BCUT2D eigenvalue weighted by atomic mass is 10.4. The zero-order chi connectivity index (χ0) is 13.0. The predicted octanol–water partition coefficient (Wildman–Crippen LogP) is 0.568. The molecule has 2 aromatic rings. The molecule has 2 N–H and O–H groups in total. The minimum Gasteiger partial charge on any atom is -0.324 e. The van der Waals surface area contributed by atoms with Gasteiger partial charge in [-0.3, -0.25) is 4.68 Å². The lowest BCUT2D eigenvalue weighted by Crippen LogP contribution is -2.09. The summed E-state index contributed by atoms with van der Waals surface area (Å²) in [4.78, 5) is 4.18. The molecule has 18 heavy (non-hydrogen) atoms. The van der Waals surface area contributed by atoms with Crippen molar-refractivity contribution in [1.29, 1.82) is 0 Å². The molecule has 0 unspecified atom stereocenters. The molecule has 0 aliphatic rings. The van der Waals surface area contributed by atoms with Crippen molar-refractivity contribution in [3.05, 3.63) is 18.0 Å². The van der Waals surface area contributed by atoms with Crippen molar-refractivity contribution in [3.63, 3.8) is 0 Å². The number of nitrogens with zero attached hydrogens (tertiary/aromatic N) is 6. The van der Waals surface area contributed by atoms with E-state index < -0.39 is 0 Å². The van der Waals surface area contributed by atoms with E-state index in [1.54, 1.807) is 22.8 Å². The van der Waals surface area contributed by atoms with E-state index in [-0.39, 0.29) is 0 Å². The molecular formula is C10H17N7S. The van der Waals surface area contributed by atoms with Gasteiger partial charge in [-0.1, -0.05) is 18.7 Å². The van der Waals surface area contributed by atoms with Gasteiger partial charge >= 0.3 is 0 Å². The second kappa shape index (κ2) is 5.96. The number of rotatable bonds is 6. The average Bonchev–Trinajstić information content (AvgIpc) is 2.94. The van der Waals surface area contributed by atoms with Crippen molar-refractivity contribution in [2.24, 2.45) is 12.8 Å². The first-order valence-electron chi connectivity index (χ1n) is 5.84. The maximum atomic E-state index is 5.65. The SMILES string of the molecule is CCCn1c(CN)nnc1SCc1ncnn1C. The quantitative estimate of drug-likeness (QED) is 0.770. The van der Waals surface area contributed by atoms with Crippen LogP contribution in [0.25, 0.3) is 0 Å². The third-order valence-electron chi connectivity index (χ3n) is 2.56. The summed E-state index contributed by atoms with van der Waals surface area (Å²) in [5, 5.41) is 13.2. The number of nitrogens with two attached hydrogens (primary N) is 1. The summed E-state index contributed by atoms with van der Waals surface area (Å²) in [5.41, 5.74) is 5.65. The van der Waals surface area contributed by atoms with Crippen molar-refractivity contribution in [2.45, 2.75) is 37.3 Å². The van der Waals surface area contributed by atoms with Gasteiger partial charge in [-0.05, 0) is 6.42 Å². The Labute approximate surface area is 110 Å². The molecule has 7 nitrogen and oxygen atoms in total. The molecule has 8 heteroatoms. The molecule has 0 aromatic carbocycles. The highest BCUT2D eigenvalue weighted by Crippen LogP contribution is 2.20. The van der Waals surface area contributed by atoms with Gasteiger partial charge in [0.1, 0.15) is 18.0 Å². The fraction of sp³-hybridized carbons (Fsp3) is 0.600. The van der Waals surface area contributed by atoms with Crippen LogP contribution in [0.15, 0.2) is 11.5 Å². The fourth-order valence-corrected chi connectivity index (χ4v) is 2.58. The van der Waals surface area contributed by atoms with Gasteiger partial charge < -0.3 is 10.3 Å². The smallest absolute Gasteiger partial charge is 0.191 e. The molecule has 0 saturated heterocycles. The number of thioether (sulfide) groups is 1. The highest BCUT2D eigenvalue weighted by atomic mass is 32.2. The van der Waals surface area contributed by atoms with Crippen LogP contribution in [0.1, 0.15) is 25.0 Å². The van der Waals surface area contributed by atoms with Crippen LogP contribution >= 0.6 is 11.8 Å². The van der Waals surface area contributed by atoms with Crippen molar-refractivity contribution in [3.8, 4) is 0 Å². The molecule has 0 amide bonds. The third-order valence-corrected chi connectivity index (χ3v) is 3.52. The Kier molecular flexibility index (Phi) is 4.32. The molecule has 98 valence electrons. The van der Waals surface area contributed by atoms with E-state index in [1.165, 1.54) is 0 Å². The van der Waals surface area contributed by atoms with Crippen LogP contribution < -0.4 is 5.73 Å². The summed E-state index contributed by atoms with van der Waals surface area (Å²) < 4.78 is 3.83. The summed E-state index contributed by atoms with van der Waals surface area (Å²) in [5.74, 6) is 2.47. The first kappa shape index (κ1) is 13.0. The molecule has 0 aliphatic heterocycles. The minimum absolute atomic E-state index is 0.414. The lowest BCUT2D eigenvalue weighted by molar-refractivity contribution is 0.592. The molecule has 0 spiro atoms. The normalized spacial score (nSPS) is 11.1. The number of hydrogen-bond acceptors (Lipinski definition) is 6. The molecule has 0 aliphatic carbocycles. The Hall–Kier alpha value is -1.41. The zero-order valence-corrected chi connectivity index (χ0v) is 11.4. The van der Waals surface area contributed by atoms with Crippen LogP contribution in [0.3, 0.4) is 0 Å². The fourth-order valence-electron chi connectivity index (χ4n) is 1.60. The van der Waals surface area contributed by atoms with Crippen LogP contribution in [0.4, 0.5) is 0 Å².